The molecular formula is C17H23ClFNO. The molecule has 116 valence electrons. The smallest absolute Gasteiger partial charge is 0.157 e. The monoisotopic (exact) mass is 311 g/mol. The van der Waals surface area contributed by atoms with Gasteiger partial charge in [-0.05, 0) is 38.6 Å². The van der Waals surface area contributed by atoms with Crippen molar-refractivity contribution < 1.29 is 9.18 Å². The molecule has 0 amide bonds. The molecular weight excluding hydrogens is 289 g/mol. The summed E-state index contributed by atoms with van der Waals surface area (Å²) in [6.45, 7) is 0. The molecule has 0 N–H and O–H groups in total. The number of carbonyl (C=O) groups is 1. The molecule has 21 heavy (non-hydrogen) atoms. The van der Waals surface area contributed by atoms with Gasteiger partial charge in [-0.2, -0.15) is 0 Å². The van der Waals surface area contributed by atoms with Crippen molar-refractivity contribution in [3.8, 4) is 0 Å². The maximum atomic E-state index is 14.0. The second-order valence-electron chi connectivity index (χ2n) is 6.15. The summed E-state index contributed by atoms with van der Waals surface area (Å²) in [5.41, 5.74) is -0.0522. The van der Waals surface area contributed by atoms with Crippen molar-refractivity contribution in [1.29, 1.82) is 0 Å². The maximum Gasteiger partial charge on any atom is 0.157 e. The summed E-state index contributed by atoms with van der Waals surface area (Å²) in [7, 11) is 3.91. The van der Waals surface area contributed by atoms with Gasteiger partial charge < -0.3 is 0 Å². The Hall–Kier alpha value is -0.930. The largest absolute Gasteiger partial charge is 0.297 e. The zero-order valence-corrected chi connectivity index (χ0v) is 13.5. The molecule has 0 unspecified atom stereocenters. The number of ketones is 1. The van der Waals surface area contributed by atoms with E-state index in [1.165, 1.54) is 18.9 Å². The molecule has 1 aliphatic rings. The van der Waals surface area contributed by atoms with Gasteiger partial charge in [0.15, 0.2) is 5.78 Å². The number of likely N-dealkylation sites (N-methyl/N-ethyl adjacent to an activating group) is 1. The number of carbonyl (C=O) groups excluding carboxylic acids is 1. The van der Waals surface area contributed by atoms with Crippen molar-refractivity contribution in [1.82, 2.24) is 4.90 Å². The first-order valence-corrected chi connectivity index (χ1v) is 7.99. The highest BCUT2D eigenvalue weighted by molar-refractivity contribution is 6.30. The highest BCUT2D eigenvalue weighted by Crippen LogP contribution is 2.33. The van der Waals surface area contributed by atoms with Crippen molar-refractivity contribution >= 4 is 17.4 Å². The predicted molar refractivity (Wildman–Crippen MR) is 84.2 cm³/mol. The Morgan fingerprint density at radius 1 is 1.24 bits per heavy atom. The standard InChI is InChI=1S/C17H23ClFNO/c1-20(2)17(10-5-3-4-6-11-17)15(21)12-13-8-7-9-14(18)16(13)19/h7-9H,3-6,10-12H2,1-2H3. The van der Waals surface area contributed by atoms with Gasteiger partial charge in [-0.15, -0.1) is 0 Å². The molecule has 0 atom stereocenters. The number of hydrogen-bond donors (Lipinski definition) is 0. The zero-order valence-electron chi connectivity index (χ0n) is 12.8. The normalized spacial score (nSPS) is 18.5. The third-order valence-electron chi connectivity index (χ3n) is 4.69. The number of halogens is 2. The minimum atomic E-state index is -0.463. The fourth-order valence-electron chi connectivity index (χ4n) is 3.31. The van der Waals surface area contributed by atoms with Crippen LogP contribution in [0.4, 0.5) is 4.39 Å². The van der Waals surface area contributed by atoms with Gasteiger partial charge in [0.05, 0.1) is 10.6 Å². The third kappa shape index (κ3) is 3.46. The molecule has 1 saturated carbocycles. The minimum absolute atomic E-state index is 0.0834. The summed E-state index contributed by atoms with van der Waals surface area (Å²) in [6.07, 6.45) is 6.30. The topological polar surface area (TPSA) is 20.3 Å². The molecule has 0 heterocycles. The average Bonchev–Trinajstić information content (AvgIpc) is 2.70. The average molecular weight is 312 g/mol. The minimum Gasteiger partial charge on any atom is -0.297 e. The SMILES string of the molecule is CN(C)C1(C(=O)Cc2cccc(Cl)c2F)CCCCCC1. The zero-order chi connectivity index (χ0) is 15.5. The van der Waals surface area contributed by atoms with Gasteiger partial charge in [0.2, 0.25) is 0 Å². The van der Waals surface area contributed by atoms with Crippen LogP contribution < -0.4 is 0 Å². The number of benzene rings is 1. The summed E-state index contributed by atoms with van der Waals surface area (Å²) in [5.74, 6) is -0.356. The van der Waals surface area contributed by atoms with Crippen molar-refractivity contribution in [2.75, 3.05) is 14.1 Å². The lowest BCUT2D eigenvalue weighted by atomic mass is 9.82. The van der Waals surface area contributed by atoms with Gasteiger partial charge in [-0.25, -0.2) is 4.39 Å². The van der Waals surface area contributed by atoms with E-state index >= 15 is 0 Å². The summed E-state index contributed by atoms with van der Waals surface area (Å²) in [6, 6.07) is 4.86. The fourth-order valence-corrected chi connectivity index (χ4v) is 3.51. The van der Waals surface area contributed by atoms with Crippen LogP contribution in [0.25, 0.3) is 0 Å². The van der Waals surface area contributed by atoms with E-state index in [4.69, 9.17) is 11.6 Å². The molecule has 0 radical (unpaired) electrons. The first-order chi connectivity index (χ1) is 9.97. The van der Waals surface area contributed by atoms with Crippen LogP contribution in [0.15, 0.2) is 18.2 Å². The second kappa shape index (κ2) is 6.89. The van der Waals surface area contributed by atoms with Gasteiger partial charge in [-0.1, -0.05) is 49.4 Å². The molecule has 0 bridgehead atoms. The summed E-state index contributed by atoms with van der Waals surface area (Å²) >= 11 is 5.81. The predicted octanol–water partition coefficient (Wildman–Crippen LogP) is 4.25. The molecule has 1 fully saturated rings. The Labute approximate surface area is 131 Å². The number of hydrogen-bond acceptors (Lipinski definition) is 2. The fraction of sp³-hybridized carbons (Fsp3) is 0.588. The second-order valence-corrected chi connectivity index (χ2v) is 6.56. The first-order valence-electron chi connectivity index (χ1n) is 7.61. The van der Waals surface area contributed by atoms with E-state index in [2.05, 4.69) is 0 Å². The van der Waals surface area contributed by atoms with Crippen molar-refractivity contribution in [2.24, 2.45) is 0 Å². The lowest BCUT2D eigenvalue weighted by Crippen LogP contribution is -2.51. The first kappa shape index (κ1) is 16.4. The van der Waals surface area contributed by atoms with Crippen LogP contribution in [0, 0.1) is 5.82 Å². The highest BCUT2D eigenvalue weighted by Gasteiger charge is 2.40. The van der Waals surface area contributed by atoms with Crippen LogP contribution in [0.2, 0.25) is 5.02 Å². The van der Waals surface area contributed by atoms with Crippen LogP contribution in [-0.2, 0) is 11.2 Å². The van der Waals surface area contributed by atoms with Crippen LogP contribution in [-0.4, -0.2) is 30.3 Å². The van der Waals surface area contributed by atoms with Crippen molar-refractivity contribution in [2.45, 2.75) is 50.5 Å². The Bertz CT molecular complexity index is 508. The lowest BCUT2D eigenvalue weighted by molar-refractivity contribution is -0.130. The van der Waals surface area contributed by atoms with Gasteiger partial charge in [-0.3, -0.25) is 9.69 Å². The number of Topliss-reactive ketones (excluding diaryl/α,β-unsaturated/α-hetero) is 1. The van der Waals surface area contributed by atoms with Crippen LogP contribution in [0.1, 0.15) is 44.1 Å². The van der Waals surface area contributed by atoms with E-state index in [1.807, 2.05) is 19.0 Å². The van der Waals surface area contributed by atoms with Gasteiger partial charge >= 0.3 is 0 Å². The van der Waals surface area contributed by atoms with Gasteiger partial charge in [0.25, 0.3) is 0 Å². The molecule has 2 rings (SSSR count). The van der Waals surface area contributed by atoms with Crippen molar-refractivity contribution in [3.63, 3.8) is 0 Å². The Morgan fingerprint density at radius 3 is 2.43 bits per heavy atom. The van der Waals surface area contributed by atoms with E-state index in [-0.39, 0.29) is 17.2 Å². The molecule has 2 nitrogen and oxygen atoms in total. The van der Waals surface area contributed by atoms with E-state index in [1.54, 1.807) is 12.1 Å². The quantitative estimate of drug-likeness (QED) is 0.775. The van der Waals surface area contributed by atoms with Crippen LogP contribution in [0.5, 0.6) is 0 Å². The van der Waals surface area contributed by atoms with Crippen LogP contribution >= 0.6 is 11.6 Å². The van der Waals surface area contributed by atoms with E-state index in [0.717, 1.165) is 25.7 Å². The molecule has 1 aromatic carbocycles. The molecule has 0 saturated heterocycles. The summed E-state index contributed by atoms with van der Waals surface area (Å²) in [5, 5.41) is 0.0834. The molecule has 1 aromatic rings. The molecule has 0 spiro atoms. The van der Waals surface area contributed by atoms with Crippen LogP contribution in [0.3, 0.4) is 0 Å². The molecule has 1 aliphatic carbocycles. The highest BCUT2D eigenvalue weighted by atomic mass is 35.5. The van der Waals surface area contributed by atoms with Crippen molar-refractivity contribution in [3.05, 3.63) is 34.6 Å². The molecule has 0 aromatic heterocycles. The molecule has 0 aliphatic heterocycles. The van der Waals surface area contributed by atoms with Gasteiger partial charge in [0.1, 0.15) is 5.82 Å². The summed E-state index contributed by atoms with van der Waals surface area (Å²) < 4.78 is 14.0. The number of rotatable bonds is 4. The lowest BCUT2D eigenvalue weighted by Gasteiger charge is -2.38. The van der Waals surface area contributed by atoms with E-state index in [0.29, 0.717) is 5.56 Å². The molecule has 4 heteroatoms. The third-order valence-corrected chi connectivity index (χ3v) is 4.98. The maximum absolute atomic E-state index is 14.0. The Morgan fingerprint density at radius 2 is 1.86 bits per heavy atom. The van der Waals surface area contributed by atoms with E-state index < -0.39 is 11.4 Å². The Balaban J connectivity index is 2.25. The Kier molecular flexibility index (Phi) is 5.39. The van der Waals surface area contributed by atoms with Gasteiger partial charge in [0, 0.05) is 6.42 Å². The number of nitrogens with zero attached hydrogens (tertiary/aromatic N) is 1. The van der Waals surface area contributed by atoms with E-state index in [9.17, 15) is 9.18 Å². The summed E-state index contributed by atoms with van der Waals surface area (Å²) in [4.78, 5) is 14.9.